The van der Waals surface area contributed by atoms with Crippen LogP contribution in [0.5, 0.6) is 0 Å². The smallest absolute Gasteiger partial charge is 0.234 e. The number of hydrogen-bond acceptors (Lipinski definition) is 5. The van der Waals surface area contributed by atoms with Crippen LogP contribution in [0.3, 0.4) is 0 Å². The molecule has 1 heterocycles. The van der Waals surface area contributed by atoms with Crippen LogP contribution in [0.25, 0.3) is 11.4 Å². The van der Waals surface area contributed by atoms with Crippen molar-refractivity contribution in [3.8, 4) is 11.4 Å². The fraction of sp³-hybridized carbons (Fsp3) is 0.176. The molecule has 0 aliphatic carbocycles. The lowest BCUT2D eigenvalue weighted by atomic mass is 10.2. The largest absolute Gasteiger partial charge is 0.325 e. The Morgan fingerprint density at radius 2 is 2.08 bits per heavy atom. The first-order chi connectivity index (χ1) is 12.1. The molecule has 0 radical (unpaired) electrons. The van der Waals surface area contributed by atoms with Crippen LogP contribution in [0.2, 0.25) is 5.02 Å². The van der Waals surface area contributed by atoms with Crippen LogP contribution >= 0.6 is 23.4 Å². The molecule has 0 aliphatic rings. The second-order valence-corrected chi connectivity index (χ2v) is 6.73. The number of aromatic nitrogens is 4. The van der Waals surface area contributed by atoms with E-state index in [1.807, 2.05) is 48.5 Å². The van der Waals surface area contributed by atoms with E-state index in [2.05, 4.69) is 20.8 Å². The van der Waals surface area contributed by atoms with Gasteiger partial charge in [0.25, 0.3) is 0 Å². The fourth-order valence-corrected chi connectivity index (χ4v) is 3.39. The average Bonchev–Trinajstić information content (AvgIpc) is 3.03. The molecule has 6 nitrogen and oxygen atoms in total. The number of nitrogens with zero attached hydrogens (tertiary/aromatic N) is 4. The van der Waals surface area contributed by atoms with E-state index in [9.17, 15) is 4.79 Å². The van der Waals surface area contributed by atoms with Gasteiger partial charge in [-0.1, -0.05) is 41.9 Å². The van der Waals surface area contributed by atoms with Gasteiger partial charge in [-0.3, -0.25) is 4.79 Å². The summed E-state index contributed by atoms with van der Waals surface area (Å²) in [5, 5.41) is 15.0. The Bertz CT molecular complexity index is 883. The number of anilines is 1. The van der Waals surface area contributed by atoms with Gasteiger partial charge in [0.1, 0.15) is 0 Å². The van der Waals surface area contributed by atoms with E-state index in [0.717, 1.165) is 16.1 Å². The fourth-order valence-electron chi connectivity index (χ4n) is 2.28. The lowest BCUT2D eigenvalue weighted by molar-refractivity contribution is -0.113. The summed E-state index contributed by atoms with van der Waals surface area (Å²) < 4.78 is 1.58. The molecule has 0 unspecified atom stereocenters. The number of amides is 1. The summed E-state index contributed by atoms with van der Waals surface area (Å²) in [4.78, 5) is 12.1. The van der Waals surface area contributed by atoms with Crippen molar-refractivity contribution in [3.63, 3.8) is 0 Å². The number of tetrazole rings is 1. The van der Waals surface area contributed by atoms with Crippen LogP contribution in [-0.2, 0) is 17.6 Å². The minimum absolute atomic E-state index is 0.0645. The lowest BCUT2D eigenvalue weighted by Gasteiger charge is -2.07. The van der Waals surface area contributed by atoms with Gasteiger partial charge in [-0.25, -0.2) is 4.68 Å². The van der Waals surface area contributed by atoms with Crippen LogP contribution in [0, 0.1) is 0 Å². The number of carbonyl (C=O) groups is 1. The van der Waals surface area contributed by atoms with E-state index in [4.69, 9.17) is 11.6 Å². The predicted molar refractivity (Wildman–Crippen MR) is 100 cm³/mol. The highest BCUT2D eigenvalue weighted by atomic mass is 35.5. The third kappa shape index (κ3) is 4.58. The van der Waals surface area contributed by atoms with Crippen molar-refractivity contribution >= 4 is 35.0 Å². The molecule has 25 heavy (non-hydrogen) atoms. The summed E-state index contributed by atoms with van der Waals surface area (Å²) in [6, 6.07) is 15.1. The Morgan fingerprint density at radius 1 is 1.24 bits per heavy atom. The highest BCUT2D eigenvalue weighted by molar-refractivity contribution is 7.99. The first-order valence-corrected chi connectivity index (χ1v) is 9.10. The number of halogens is 1. The van der Waals surface area contributed by atoms with Gasteiger partial charge in [0, 0.05) is 29.1 Å². The number of aryl methyl sites for hydroxylation is 1. The first kappa shape index (κ1) is 17.4. The highest BCUT2D eigenvalue weighted by Crippen LogP contribution is 2.22. The quantitative estimate of drug-likeness (QED) is 0.716. The van der Waals surface area contributed by atoms with E-state index in [1.165, 1.54) is 11.8 Å². The van der Waals surface area contributed by atoms with E-state index in [-0.39, 0.29) is 5.91 Å². The summed E-state index contributed by atoms with van der Waals surface area (Å²) >= 11 is 7.64. The standard InChI is InChI=1S/C17H16ClN5OS/c1-23-17(20-21-22-23)12-6-4-7-14(9-12)19-16(24)11-25-10-13-5-2-3-8-15(13)18/h2-9H,10-11H2,1H3,(H,19,24). The molecule has 3 aromatic rings. The molecule has 1 N–H and O–H groups in total. The third-order valence-corrected chi connectivity index (χ3v) is 4.82. The van der Waals surface area contributed by atoms with Crippen LogP contribution < -0.4 is 5.32 Å². The normalized spacial score (nSPS) is 10.6. The zero-order chi connectivity index (χ0) is 17.6. The topological polar surface area (TPSA) is 72.7 Å². The molecule has 128 valence electrons. The van der Waals surface area contributed by atoms with Gasteiger partial charge in [0.05, 0.1) is 5.75 Å². The van der Waals surface area contributed by atoms with Crippen molar-refractivity contribution in [1.82, 2.24) is 20.2 Å². The van der Waals surface area contributed by atoms with Crippen molar-refractivity contribution in [2.75, 3.05) is 11.1 Å². The summed E-state index contributed by atoms with van der Waals surface area (Å²) in [6.07, 6.45) is 0. The number of benzene rings is 2. The van der Waals surface area contributed by atoms with Gasteiger partial charge in [0.2, 0.25) is 5.91 Å². The van der Waals surface area contributed by atoms with Crippen LogP contribution in [0.1, 0.15) is 5.56 Å². The molecule has 1 aromatic heterocycles. The summed E-state index contributed by atoms with van der Waals surface area (Å²) in [6.45, 7) is 0. The second-order valence-electron chi connectivity index (χ2n) is 5.34. The SMILES string of the molecule is Cn1nnnc1-c1cccc(NC(=O)CSCc2ccccc2Cl)c1. The highest BCUT2D eigenvalue weighted by Gasteiger charge is 2.08. The minimum Gasteiger partial charge on any atom is -0.325 e. The molecule has 0 spiro atoms. The van der Waals surface area contributed by atoms with Crippen LogP contribution in [-0.4, -0.2) is 31.9 Å². The Morgan fingerprint density at radius 3 is 2.84 bits per heavy atom. The molecule has 0 saturated carbocycles. The number of hydrogen-bond donors (Lipinski definition) is 1. The molecule has 0 fully saturated rings. The molecule has 3 rings (SSSR count). The molecule has 1 amide bonds. The van der Waals surface area contributed by atoms with E-state index in [1.54, 1.807) is 11.7 Å². The molecule has 2 aromatic carbocycles. The molecule has 0 saturated heterocycles. The maximum Gasteiger partial charge on any atom is 0.234 e. The van der Waals surface area contributed by atoms with Gasteiger partial charge in [-0.2, -0.15) is 0 Å². The van der Waals surface area contributed by atoms with Crippen molar-refractivity contribution in [2.45, 2.75) is 5.75 Å². The van der Waals surface area contributed by atoms with E-state index < -0.39 is 0 Å². The second kappa shape index (κ2) is 8.13. The number of thioether (sulfide) groups is 1. The zero-order valence-electron chi connectivity index (χ0n) is 13.5. The Kier molecular flexibility index (Phi) is 5.67. The van der Waals surface area contributed by atoms with Crippen LogP contribution in [0.15, 0.2) is 48.5 Å². The van der Waals surface area contributed by atoms with E-state index >= 15 is 0 Å². The molecule has 8 heteroatoms. The van der Waals surface area contributed by atoms with Gasteiger partial charge < -0.3 is 5.32 Å². The van der Waals surface area contributed by atoms with Gasteiger partial charge in [0.15, 0.2) is 5.82 Å². The average molecular weight is 374 g/mol. The maximum absolute atomic E-state index is 12.1. The first-order valence-electron chi connectivity index (χ1n) is 7.57. The van der Waals surface area contributed by atoms with Gasteiger partial charge in [-0.15, -0.1) is 16.9 Å². The molecule has 0 aliphatic heterocycles. The third-order valence-electron chi connectivity index (χ3n) is 3.47. The lowest BCUT2D eigenvalue weighted by Crippen LogP contribution is -2.14. The number of rotatable bonds is 6. The monoisotopic (exact) mass is 373 g/mol. The Balaban J connectivity index is 1.56. The van der Waals surface area contributed by atoms with E-state index in [0.29, 0.717) is 23.0 Å². The van der Waals surface area contributed by atoms with Crippen molar-refractivity contribution in [1.29, 1.82) is 0 Å². The minimum atomic E-state index is -0.0645. The number of carbonyl (C=O) groups excluding carboxylic acids is 1. The summed E-state index contributed by atoms with van der Waals surface area (Å²) in [7, 11) is 1.77. The molecular formula is C17H16ClN5OS. The zero-order valence-corrected chi connectivity index (χ0v) is 15.1. The van der Waals surface area contributed by atoms with Crippen molar-refractivity contribution in [3.05, 3.63) is 59.1 Å². The van der Waals surface area contributed by atoms with Gasteiger partial charge in [-0.05, 0) is 34.2 Å². The maximum atomic E-state index is 12.1. The predicted octanol–water partition coefficient (Wildman–Crippen LogP) is 3.40. The summed E-state index contributed by atoms with van der Waals surface area (Å²) in [5.74, 6) is 1.62. The Hall–Kier alpha value is -2.38. The number of nitrogens with one attached hydrogen (secondary N) is 1. The molecular weight excluding hydrogens is 358 g/mol. The van der Waals surface area contributed by atoms with Crippen molar-refractivity contribution < 1.29 is 4.79 Å². The molecule has 0 bridgehead atoms. The Labute approximate surface area is 154 Å². The molecule has 0 atom stereocenters. The van der Waals surface area contributed by atoms with Crippen LogP contribution in [0.4, 0.5) is 5.69 Å². The van der Waals surface area contributed by atoms with Gasteiger partial charge >= 0.3 is 0 Å². The summed E-state index contributed by atoms with van der Waals surface area (Å²) in [5.41, 5.74) is 2.58. The van der Waals surface area contributed by atoms with Crippen molar-refractivity contribution in [2.24, 2.45) is 7.05 Å².